The van der Waals surface area contributed by atoms with Crippen LogP contribution in [0.25, 0.3) is 0 Å². The van der Waals surface area contributed by atoms with E-state index in [9.17, 15) is 4.79 Å². The molecule has 2 unspecified atom stereocenters. The molecule has 2 atom stereocenters. The first-order valence-electron chi connectivity index (χ1n) is 7.97. The molecule has 0 radical (unpaired) electrons. The van der Waals surface area contributed by atoms with E-state index in [-0.39, 0.29) is 5.91 Å². The molecule has 0 spiro atoms. The van der Waals surface area contributed by atoms with Crippen molar-refractivity contribution >= 4 is 22.9 Å². The molecule has 4 rings (SSSR count). The smallest absolute Gasteiger partial charge is 0.265 e. The molecule has 0 aromatic carbocycles. The number of aryl methyl sites for hydroxylation is 1. The molecular formula is C17H21N3OS. The maximum Gasteiger partial charge on any atom is 0.265 e. The second-order valence-corrected chi connectivity index (χ2v) is 7.42. The monoisotopic (exact) mass is 315 g/mol. The summed E-state index contributed by atoms with van der Waals surface area (Å²) in [4.78, 5) is 13.1. The van der Waals surface area contributed by atoms with Crippen molar-refractivity contribution in [3.05, 3.63) is 40.3 Å². The Bertz CT molecular complexity index is 686. The molecule has 2 fully saturated rings. The molecule has 2 aliphatic carbocycles. The summed E-state index contributed by atoms with van der Waals surface area (Å²) in [7, 11) is 1.95. The van der Waals surface area contributed by atoms with E-state index in [0.717, 1.165) is 16.6 Å². The fourth-order valence-electron chi connectivity index (χ4n) is 3.06. The fraction of sp³-hybridized carbons (Fsp3) is 0.471. The highest BCUT2D eigenvalue weighted by Crippen LogP contribution is 2.43. The zero-order valence-corrected chi connectivity index (χ0v) is 13.5. The van der Waals surface area contributed by atoms with Crippen LogP contribution in [0.15, 0.2) is 29.9 Å². The highest BCUT2D eigenvalue weighted by Gasteiger charge is 2.40. The Labute approximate surface area is 134 Å². The molecule has 2 aromatic rings. The van der Waals surface area contributed by atoms with E-state index in [2.05, 4.69) is 22.1 Å². The second kappa shape index (κ2) is 5.56. The summed E-state index contributed by atoms with van der Waals surface area (Å²) in [5, 5.41) is 8.82. The van der Waals surface area contributed by atoms with Crippen molar-refractivity contribution in [2.75, 3.05) is 5.32 Å². The number of hydrogen-bond donors (Lipinski definition) is 2. The van der Waals surface area contributed by atoms with E-state index >= 15 is 0 Å². The number of rotatable bonds is 5. The van der Waals surface area contributed by atoms with E-state index in [1.165, 1.54) is 31.2 Å². The van der Waals surface area contributed by atoms with Crippen LogP contribution in [0.3, 0.4) is 0 Å². The summed E-state index contributed by atoms with van der Waals surface area (Å²) in [5.74, 6) is 0.599. The minimum atomic E-state index is -0.00778. The van der Waals surface area contributed by atoms with Crippen molar-refractivity contribution < 1.29 is 4.79 Å². The average Bonchev–Trinajstić information content (AvgIpc) is 2.84. The zero-order valence-electron chi connectivity index (χ0n) is 12.7. The van der Waals surface area contributed by atoms with Gasteiger partial charge in [-0.05, 0) is 42.3 Å². The third-order valence-corrected chi connectivity index (χ3v) is 5.65. The van der Waals surface area contributed by atoms with Gasteiger partial charge in [0, 0.05) is 37.4 Å². The van der Waals surface area contributed by atoms with E-state index in [0.29, 0.717) is 12.0 Å². The van der Waals surface area contributed by atoms with Gasteiger partial charge >= 0.3 is 0 Å². The quantitative estimate of drug-likeness (QED) is 0.889. The van der Waals surface area contributed by atoms with Crippen LogP contribution in [0, 0.1) is 0 Å². The van der Waals surface area contributed by atoms with Gasteiger partial charge in [-0.3, -0.25) is 4.79 Å². The number of carbonyl (C=O) groups excluding carboxylic acids is 1. The molecule has 2 aliphatic rings. The molecule has 5 heteroatoms. The summed E-state index contributed by atoms with van der Waals surface area (Å²) in [6, 6.07) is 5.35. The Morgan fingerprint density at radius 3 is 2.95 bits per heavy atom. The predicted molar refractivity (Wildman–Crippen MR) is 89.6 cm³/mol. The fourth-order valence-corrected chi connectivity index (χ4v) is 3.93. The van der Waals surface area contributed by atoms with Crippen LogP contribution in [0.5, 0.6) is 0 Å². The number of carbonyl (C=O) groups is 1. The van der Waals surface area contributed by atoms with Gasteiger partial charge in [0.05, 0.1) is 10.6 Å². The number of aromatic nitrogens is 1. The molecule has 2 N–H and O–H groups in total. The normalized spacial score (nSPS) is 24.0. The van der Waals surface area contributed by atoms with Gasteiger partial charge in [0.15, 0.2) is 0 Å². The molecule has 1 amide bonds. The summed E-state index contributed by atoms with van der Waals surface area (Å²) < 4.78 is 1.93. The Hall–Kier alpha value is -1.59. The third-order valence-electron chi connectivity index (χ3n) is 4.71. The van der Waals surface area contributed by atoms with Crippen molar-refractivity contribution in [2.24, 2.45) is 7.05 Å². The van der Waals surface area contributed by atoms with Crippen molar-refractivity contribution in [3.63, 3.8) is 0 Å². The largest absolute Gasteiger partial charge is 0.355 e. The Kier molecular flexibility index (Phi) is 3.54. The van der Waals surface area contributed by atoms with Crippen molar-refractivity contribution in [3.8, 4) is 0 Å². The Morgan fingerprint density at radius 1 is 1.41 bits per heavy atom. The third kappa shape index (κ3) is 2.83. The van der Waals surface area contributed by atoms with Gasteiger partial charge in [0.2, 0.25) is 0 Å². The first kappa shape index (κ1) is 14.0. The SMILES string of the molecule is Cn1ccc(NC(=O)c2cc(C3CC3NC3CCC3)cs2)c1. The summed E-state index contributed by atoms with van der Waals surface area (Å²) >= 11 is 1.55. The number of nitrogens with zero attached hydrogens (tertiary/aromatic N) is 1. The van der Waals surface area contributed by atoms with Crippen molar-refractivity contribution in [1.29, 1.82) is 0 Å². The van der Waals surface area contributed by atoms with Gasteiger partial charge < -0.3 is 15.2 Å². The first-order valence-corrected chi connectivity index (χ1v) is 8.85. The molecule has 116 valence electrons. The van der Waals surface area contributed by atoms with Crippen LogP contribution < -0.4 is 10.6 Å². The first-order chi connectivity index (χ1) is 10.7. The second-order valence-electron chi connectivity index (χ2n) is 6.51. The van der Waals surface area contributed by atoms with Crippen LogP contribution in [-0.4, -0.2) is 22.6 Å². The lowest BCUT2D eigenvalue weighted by Gasteiger charge is -2.26. The number of anilines is 1. The Balaban J connectivity index is 1.36. The average molecular weight is 315 g/mol. The number of amides is 1. The van der Waals surface area contributed by atoms with E-state index in [1.54, 1.807) is 11.3 Å². The molecule has 4 nitrogen and oxygen atoms in total. The highest BCUT2D eigenvalue weighted by molar-refractivity contribution is 7.12. The highest BCUT2D eigenvalue weighted by atomic mass is 32.1. The number of hydrogen-bond acceptors (Lipinski definition) is 3. The van der Waals surface area contributed by atoms with Gasteiger partial charge in [-0.2, -0.15) is 0 Å². The molecule has 2 aromatic heterocycles. The van der Waals surface area contributed by atoms with Crippen molar-refractivity contribution in [1.82, 2.24) is 9.88 Å². The van der Waals surface area contributed by atoms with Gasteiger partial charge in [0.25, 0.3) is 5.91 Å². The lowest BCUT2D eigenvalue weighted by Crippen LogP contribution is -2.37. The molecule has 0 bridgehead atoms. The summed E-state index contributed by atoms with van der Waals surface area (Å²) in [6.45, 7) is 0. The Morgan fingerprint density at radius 2 is 2.27 bits per heavy atom. The van der Waals surface area contributed by atoms with Crippen LogP contribution >= 0.6 is 11.3 Å². The summed E-state index contributed by atoms with van der Waals surface area (Å²) in [6.07, 6.45) is 9.09. The van der Waals surface area contributed by atoms with Crippen LogP contribution in [0.2, 0.25) is 0 Å². The van der Waals surface area contributed by atoms with Gasteiger partial charge in [-0.15, -0.1) is 11.3 Å². The number of nitrogens with one attached hydrogen (secondary N) is 2. The van der Waals surface area contributed by atoms with Gasteiger partial charge in [-0.1, -0.05) is 6.42 Å². The van der Waals surface area contributed by atoms with Crippen LogP contribution in [-0.2, 0) is 7.05 Å². The molecule has 2 saturated carbocycles. The molecule has 22 heavy (non-hydrogen) atoms. The van der Waals surface area contributed by atoms with Gasteiger partial charge in [0.1, 0.15) is 0 Å². The summed E-state index contributed by atoms with van der Waals surface area (Å²) in [5.41, 5.74) is 2.17. The maximum absolute atomic E-state index is 12.3. The van der Waals surface area contributed by atoms with E-state index < -0.39 is 0 Å². The molecule has 0 aliphatic heterocycles. The van der Waals surface area contributed by atoms with Gasteiger partial charge in [-0.25, -0.2) is 0 Å². The lowest BCUT2D eigenvalue weighted by molar-refractivity contribution is 0.103. The predicted octanol–water partition coefficient (Wildman–Crippen LogP) is 3.34. The zero-order chi connectivity index (χ0) is 15.1. The topological polar surface area (TPSA) is 46.1 Å². The number of thiophene rings is 1. The van der Waals surface area contributed by atoms with E-state index in [1.807, 2.05) is 30.1 Å². The van der Waals surface area contributed by atoms with Crippen LogP contribution in [0.4, 0.5) is 5.69 Å². The molecule has 2 heterocycles. The lowest BCUT2D eigenvalue weighted by atomic mass is 9.93. The van der Waals surface area contributed by atoms with E-state index in [4.69, 9.17) is 0 Å². The maximum atomic E-state index is 12.3. The minimum Gasteiger partial charge on any atom is -0.355 e. The molecular weight excluding hydrogens is 294 g/mol. The standard InChI is InChI=1S/C17H21N3OS/c1-20-6-5-13(9-20)19-17(21)16-7-11(10-22-16)14-8-15(14)18-12-3-2-4-12/h5-7,9-10,12,14-15,18H,2-4,8H2,1H3,(H,19,21). The molecule has 0 saturated heterocycles. The van der Waals surface area contributed by atoms with Crippen molar-refractivity contribution in [2.45, 2.75) is 43.7 Å². The minimum absolute atomic E-state index is 0.00778. The van der Waals surface area contributed by atoms with Crippen LogP contribution in [0.1, 0.15) is 46.8 Å².